The number of amides is 2. The first-order chi connectivity index (χ1) is 13.7. The summed E-state index contributed by atoms with van der Waals surface area (Å²) in [6.07, 6.45) is 0.0747. The van der Waals surface area contributed by atoms with Crippen LogP contribution in [0.15, 0.2) is 30.9 Å². The first kappa shape index (κ1) is 25.0. The number of benzene rings is 1. The van der Waals surface area contributed by atoms with Gasteiger partial charge in [0.05, 0.1) is 0 Å². The van der Waals surface area contributed by atoms with E-state index >= 15 is 0 Å². The second-order valence-corrected chi connectivity index (χ2v) is 8.60. The van der Waals surface area contributed by atoms with Gasteiger partial charge in [-0.15, -0.1) is 0 Å². The maximum atomic E-state index is 12.5. The molecule has 0 bridgehead atoms. The van der Waals surface area contributed by atoms with Gasteiger partial charge in [0.2, 0.25) is 0 Å². The molecule has 0 aliphatic heterocycles. The van der Waals surface area contributed by atoms with E-state index in [0.29, 0.717) is 11.3 Å². The number of nitrogens with zero attached hydrogens (tertiary/aromatic N) is 1. The molecule has 0 aromatic heterocycles. The van der Waals surface area contributed by atoms with Crippen molar-refractivity contribution in [3.05, 3.63) is 42.0 Å². The Morgan fingerprint density at radius 2 is 1.83 bits per heavy atom. The predicted molar refractivity (Wildman–Crippen MR) is 115 cm³/mol. The minimum atomic E-state index is -1.21. The molecule has 1 aromatic carbocycles. The number of aliphatic carboxylic acids is 1. The molecule has 0 saturated carbocycles. The predicted octanol–water partition coefficient (Wildman–Crippen LogP) is 4.33. The highest BCUT2D eigenvalue weighted by Crippen LogP contribution is 2.33. The minimum absolute atomic E-state index is 0.0673. The first-order valence-electron chi connectivity index (χ1n) is 9.55. The van der Waals surface area contributed by atoms with Gasteiger partial charge in [0.1, 0.15) is 18.2 Å². The number of carbonyl (C=O) groups excluding carboxylic acids is 2. The van der Waals surface area contributed by atoms with E-state index in [2.05, 4.69) is 11.9 Å². The lowest BCUT2D eigenvalue weighted by Crippen LogP contribution is -2.54. The number of aryl methyl sites for hydroxylation is 1. The van der Waals surface area contributed by atoms with E-state index in [4.69, 9.17) is 9.47 Å². The lowest BCUT2D eigenvalue weighted by molar-refractivity contribution is -0.145. The summed E-state index contributed by atoms with van der Waals surface area (Å²) < 4.78 is 10.3. The number of likely N-dealkylation sites (N-methyl/N-ethyl adjacent to an activating group) is 1. The molecule has 0 aliphatic rings. The molecule has 166 valence electrons. The van der Waals surface area contributed by atoms with E-state index in [1.165, 1.54) is 13.1 Å². The average Bonchev–Trinajstić information content (AvgIpc) is 2.59. The van der Waals surface area contributed by atoms with Gasteiger partial charge in [-0.05, 0) is 44.9 Å². The summed E-state index contributed by atoms with van der Waals surface area (Å²) in [6, 6.07) is 4.01. The van der Waals surface area contributed by atoms with Crippen LogP contribution in [-0.4, -0.2) is 53.5 Å². The normalized spacial score (nSPS) is 12.5. The van der Waals surface area contributed by atoms with Crippen molar-refractivity contribution in [3.63, 3.8) is 0 Å². The quantitative estimate of drug-likeness (QED) is 0.636. The monoisotopic (exact) mass is 420 g/mol. The highest BCUT2D eigenvalue weighted by atomic mass is 16.6. The number of carboxylic acid groups (broad SMARTS) is 1. The van der Waals surface area contributed by atoms with E-state index in [0.717, 1.165) is 10.5 Å². The van der Waals surface area contributed by atoms with Crippen LogP contribution in [0.5, 0.6) is 0 Å². The Hall–Kier alpha value is -3.03. The number of hydrogen-bond acceptors (Lipinski definition) is 5. The van der Waals surface area contributed by atoms with E-state index < -0.39 is 35.2 Å². The lowest BCUT2D eigenvalue weighted by atomic mass is 9.76. The molecule has 0 heterocycles. The van der Waals surface area contributed by atoms with Crippen molar-refractivity contribution in [2.75, 3.05) is 19.0 Å². The molecule has 0 aliphatic carbocycles. The Labute approximate surface area is 177 Å². The molecule has 1 rings (SSSR count). The Morgan fingerprint density at radius 1 is 1.23 bits per heavy atom. The SMILES string of the molecule is C=CCOC(=O)Nc1cc(C(C)(C)C(C(=O)O)N(C)C(=O)OC(C)(C)C)ccc1C. The molecule has 8 heteroatoms. The standard InChI is InChI=1S/C22H32N2O6/c1-9-12-29-19(27)23-16-13-15(11-10-14(16)2)22(6,7)17(18(25)26)24(8)20(28)30-21(3,4)5/h9-11,13,17H,1,12H2,2-8H3,(H,23,27)(H,25,26). The Kier molecular flexibility index (Phi) is 8.04. The number of carbonyl (C=O) groups is 3. The van der Waals surface area contributed by atoms with Crippen LogP contribution in [0.2, 0.25) is 0 Å². The van der Waals surface area contributed by atoms with Gasteiger partial charge in [0.15, 0.2) is 0 Å². The third-order valence-electron chi connectivity index (χ3n) is 4.54. The van der Waals surface area contributed by atoms with Crippen molar-refractivity contribution in [1.82, 2.24) is 4.90 Å². The molecule has 0 fully saturated rings. The first-order valence-corrected chi connectivity index (χ1v) is 9.55. The lowest BCUT2D eigenvalue weighted by Gasteiger charge is -2.38. The zero-order valence-corrected chi connectivity index (χ0v) is 18.7. The fraction of sp³-hybridized carbons (Fsp3) is 0.500. The maximum Gasteiger partial charge on any atom is 0.411 e. The Morgan fingerprint density at radius 3 is 2.33 bits per heavy atom. The molecule has 1 aromatic rings. The van der Waals surface area contributed by atoms with Crippen molar-refractivity contribution in [2.45, 2.75) is 58.6 Å². The number of anilines is 1. The van der Waals surface area contributed by atoms with Crippen molar-refractivity contribution in [1.29, 1.82) is 0 Å². The molecule has 1 unspecified atom stereocenters. The largest absolute Gasteiger partial charge is 0.480 e. The summed E-state index contributed by atoms with van der Waals surface area (Å²) in [5, 5.41) is 12.6. The van der Waals surface area contributed by atoms with Crippen LogP contribution in [0.3, 0.4) is 0 Å². The van der Waals surface area contributed by atoms with Crippen molar-refractivity contribution in [2.24, 2.45) is 0 Å². The van der Waals surface area contributed by atoms with Crippen molar-refractivity contribution >= 4 is 23.8 Å². The number of hydrogen-bond donors (Lipinski definition) is 2. The highest BCUT2D eigenvalue weighted by Gasteiger charge is 2.43. The van der Waals surface area contributed by atoms with E-state index in [1.54, 1.807) is 59.7 Å². The van der Waals surface area contributed by atoms with Gasteiger partial charge in [0, 0.05) is 18.2 Å². The molecular weight excluding hydrogens is 388 g/mol. The number of nitrogens with one attached hydrogen (secondary N) is 1. The van der Waals surface area contributed by atoms with Gasteiger partial charge < -0.3 is 14.6 Å². The fourth-order valence-electron chi connectivity index (χ4n) is 2.99. The topological polar surface area (TPSA) is 105 Å². The fourth-order valence-corrected chi connectivity index (χ4v) is 2.99. The summed E-state index contributed by atoms with van der Waals surface area (Å²) >= 11 is 0. The molecule has 0 saturated heterocycles. The van der Waals surface area contributed by atoms with Crippen LogP contribution < -0.4 is 5.32 Å². The zero-order valence-electron chi connectivity index (χ0n) is 18.7. The summed E-state index contributed by atoms with van der Waals surface area (Å²) in [6.45, 7) is 13.9. The number of carboxylic acids is 1. The van der Waals surface area contributed by atoms with Gasteiger partial charge in [-0.25, -0.2) is 14.4 Å². The highest BCUT2D eigenvalue weighted by molar-refractivity contribution is 5.86. The smallest absolute Gasteiger partial charge is 0.411 e. The van der Waals surface area contributed by atoms with Gasteiger partial charge in [-0.2, -0.15) is 0 Å². The molecule has 2 N–H and O–H groups in total. The van der Waals surface area contributed by atoms with Crippen molar-refractivity contribution in [3.8, 4) is 0 Å². The van der Waals surface area contributed by atoms with Gasteiger partial charge in [-0.1, -0.05) is 38.6 Å². The van der Waals surface area contributed by atoms with Crippen LogP contribution in [0.4, 0.5) is 15.3 Å². The molecule has 8 nitrogen and oxygen atoms in total. The molecule has 1 atom stereocenters. The van der Waals surface area contributed by atoms with Crippen LogP contribution in [0.1, 0.15) is 45.7 Å². The number of ether oxygens (including phenoxy) is 2. The summed E-state index contributed by atoms with van der Waals surface area (Å²) in [5.74, 6) is -1.17. The third-order valence-corrected chi connectivity index (χ3v) is 4.54. The Bertz CT molecular complexity index is 810. The third kappa shape index (κ3) is 6.50. The second-order valence-electron chi connectivity index (χ2n) is 8.60. The van der Waals surface area contributed by atoms with Crippen LogP contribution >= 0.6 is 0 Å². The number of rotatable bonds is 7. The summed E-state index contributed by atoms with van der Waals surface area (Å²) in [5.41, 5.74) is 0.115. The molecule has 2 amide bonds. The van der Waals surface area contributed by atoms with Gasteiger partial charge in [0.25, 0.3) is 0 Å². The summed E-state index contributed by atoms with van der Waals surface area (Å²) in [7, 11) is 1.40. The van der Waals surface area contributed by atoms with Crippen LogP contribution in [-0.2, 0) is 19.7 Å². The average molecular weight is 421 g/mol. The van der Waals surface area contributed by atoms with E-state index in [9.17, 15) is 19.5 Å². The molecular formula is C22H32N2O6. The minimum Gasteiger partial charge on any atom is -0.480 e. The van der Waals surface area contributed by atoms with Gasteiger partial charge >= 0.3 is 18.2 Å². The molecule has 0 radical (unpaired) electrons. The zero-order chi connectivity index (χ0) is 23.3. The summed E-state index contributed by atoms with van der Waals surface area (Å²) in [4.78, 5) is 37.6. The van der Waals surface area contributed by atoms with Crippen LogP contribution in [0, 0.1) is 6.92 Å². The van der Waals surface area contributed by atoms with Crippen molar-refractivity contribution < 1.29 is 29.0 Å². The molecule has 0 spiro atoms. The second kappa shape index (κ2) is 9.65. The van der Waals surface area contributed by atoms with Crippen LogP contribution in [0.25, 0.3) is 0 Å². The Balaban J connectivity index is 3.26. The van der Waals surface area contributed by atoms with Gasteiger partial charge in [-0.3, -0.25) is 10.2 Å². The molecule has 30 heavy (non-hydrogen) atoms. The maximum absolute atomic E-state index is 12.5. The van der Waals surface area contributed by atoms with E-state index in [1.807, 2.05) is 0 Å². The van der Waals surface area contributed by atoms with E-state index in [-0.39, 0.29) is 6.61 Å².